The zero-order chi connectivity index (χ0) is 19.9. The Morgan fingerprint density at radius 1 is 1.25 bits per heavy atom. The van der Waals surface area contributed by atoms with Crippen LogP contribution in [-0.4, -0.2) is 65.9 Å². The number of benzene rings is 1. The van der Waals surface area contributed by atoms with Crippen molar-refractivity contribution >= 4 is 17.8 Å². The predicted molar refractivity (Wildman–Crippen MR) is 107 cm³/mol. The van der Waals surface area contributed by atoms with E-state index in [0.29, 0.717) is 32.0 Å². The van der Waals surface area contributed by atoms with Gasteiger partial charge in [-0.2, -0.15) is 0 Å². The number of rotatable bonds is 9. The number of nitrogens with zero attached hydrogens (tertiary/aromatic N) is 2. The van der Waals surface area contributed by atoms with Crippen molar-refractivity contribution in [3.63, 3.8) is 0 Å². The van der Waals surface area contributed by atoms with Gasteiger partial charge in [0.1, 0.15) is 6.04 Å². The van der Waals surface area contributed by atoms with Crippen molar-refractivity contribution in [2.75, 3.05) is 26.2 Å². The fourth-order valence-corrected chi connectivity index (χ4v) is 4.01. The number of likely N-dealkylation sites (N-methyl/N-ethyl adjacent to an activating group) is 1. The normalized spacial score (nSPS) is 22.5. The van der Waals surface area contributed by atoms with Crippen LogP contribution in [0.4, 0.5) is 4.79 Å². The van der Waals surface area contributed by atoms with E-state index in [1.807, 2.05) is 30.3 Å². The molecule has 0 unspecified atom stereocenters. The van der Waals surface area contributed by atoms with E-state index in [4.69, 9.17) is 0 Å². The third-order valence-corrected chi connectivity index (χ3v) is 5.67. The first-order valence-corrected chi connectivity index (χ1v) is 10.2. The Balaban J connectivity index is 1.40. The molecule has 2 saturated heterocycles. The van der Waals surface area contributed by atoms with Gasteiger partial charge in [-0.3, -0.25) is 19.4 Å². The first kappa shape index (κ1) is 20.3. The zero-order valence-corrected chi connectivity index (χ0v) is 16.5. The van der Waals surface area contributed by atoms with Crippen molar-refractivity contribution in [3.8, 4) is 0 Å². The van der Waals surface area contributed by atoms with Crippen molar-refractivity contribution < 1.29 is 14.4 Å². The SMILES string of the molecule is CCN1CCC[C@H]1CNC(=O)CC[C@@H]1NC(=O)N(CCc2ccccc2)C1=O. The van der Waals surface area contributed by atoms with E-state index < -0.39 is 6.04 Å². The van der Waals surface area contributed by atoms with Crippen LogP contribution in [0.1, 0.15) is 38.2 Å². The summed E-state index contributed by atoms with van der Waals surface area (Å²) in [6.07, 6.45) is 3.49. The number of carbonyl (C=O) groups excluding carboxylic acids is 3. The van der Waals surface area contributed by atoms with Crippen LogP contribution >= 0.6 is 0 Å². The zero-order valence-electron chi connectivity index (χ0n) is 16.5. The summed E-state index contributed by atoms with van der Waals surface area (Å²) in [5.74, 6) is -0.297. The lowest BCUT2D eigenvalue weighted by Crippen LogP contribution is -2.40. The molecule has 0 saturated carbocycles. The molecule has 28 heavy (non-hydrogen) atoms. The van der Waals surface area contributed by atoms with Gasteiger partial charge in [0.25, 0.3) is 5.91 Å². The molecule has 2 heterocycles. The van der Waals surface area contributed by atoms with Gasteiger partial charge in [-0.05, 0) is 44.3 Å². The van der Waals surface area contributed by atoms with Crippen LogP contribution in [0.2, 0.25) is 0 Å². The van der Waals surface area contributed by atoms with Crippen LogP contribution in [0.25, 0.3) is 0 Å². The number of amides is 4. The molecule has 1 aromatic carbocycles. The lowest BCUT2D eigenvalue weighted by molar-refractivity contribution is -0.127. The highest BCUT2D eigenvalue weighted by molar-refractivity contribution is 6.04. The van der Waals surface area contributed by atoms with E-state index in [2.05, 4.69) is 22.5 Å². The lowest BCUT2D eigenvalue weighted by Gasteiger charge is -2.22. The summed E-state index contributed by atoms with van der Waals surface area (Å²) in [5, 5.41) is 5.69. The number of likely N-dealkylation sites (tertiary alicyclic amines) is 1. The van der Waals surface area contributed by atoms with Gasteiger partial charge in [0.05, 0.1) is 0 Å². The van der Waals surface area contributed by atoms with Crippen LogP contribution in [0.5, 0.6) is 0 Å². The first-order valence-electron chi connectivity index (χ1n) is 10.2. The second kappa shape index (κ2) is 9.68. The summed E-state index contributed by atoms with van der Waals surface area (Å²) < 4.78 is 0. The molecule has 0 spiro atoms. The Hall–Kier alpha value is -2.41. The summed E-state index contributed by atoms with van der Waals surface area (Å²) in [7, 11) is 0. The van der Waals surface area contributed by atoms with Crippen LogP contribution in [0.15, 0.2) is 30.3 Å². The monoisotopic (exact) mass is 386 g/mol. The molecule has 0 aliphatic carbocycles. The molecule has 3 rings (SSSR count). The maximum absolute atomic E-state index is 12.5. The fraction of sp³-hybridized carbons (Fsp3) is 0.571. The molecule has 0 aromatic heterocycles. The van der Waals surface area contributed by atoms with Gasteiger partial charge in [0.2, 0.25) is 5.91 Å². The van der Waals surface area contributed by atoms with Crippen molar-refractivity contribution in [2.24, 2.45) is 0 Å². The molecule has 4 amide bonds. The second-order valence-corrected chi connectivity index (χ2v) is 7.49. The largest absolute Gasteiger partial charge is 0.355 e. The first-order chi connectivity index (χ1) is 13.6. The highest BCUT2D eigenvalue weighted by atomic mass is 16.2. The van der Waals surface area contributed by atoms with Crippen LogP contribution in [0, 0.1) is 0 Å². The van der Waals surface area contributed by atoms with Gasteiger partial charge in [-0.25, -0.2) is 4.79 Å². The van der Waals surface area contributed by atoms with Gasteiger partial charge in [-0.15, -0.1) is 0 Å². The average molecular weight is 386 g/mol. The number of carbonyl (C=O) groups is 3. The molecule has 0 bridgehead atoms. The Morgan fingerprint density at radius 2 is 2.04 bits per heavy atom. The quantitative estimate of drug-likeness (QED) is 0.631. The maximum atomic E-state index is 12.5. The van der Waals surface area contributed by atoms with E-state index in [1.54, 1.807) is 0 Å². The molecule has 2 N–H and O–H groups in total. The third-order valence-electron chi connectivity index (χ3n) is 5.67. The van der Waals surface area contributed by atoms with Crippen molar-refractivity contribution in [2.45, 2.75) is 51.1 Å². The highest BCUT2D eigenvalue weighted by Crippen LogP contribution is 2.16. The number of nitrogens with one attached hydrogen (secondary N) is 2. The highest BCUT2D eigenvalue weighted by Gasteiger charge is 2.37. The second-order valence-electron chi connectivity index (χ2n) is 7.49. The Labute approximate surface area is 166 Å². The molecule has 2 aliphatic heterocycles. The number of hydrogen-bond acceptors (Lipinski definition) is 4. The van der Waals surface area contributed by atoms with Crippen molar-refractivity contribution in [1.82, 2.24) is 20.4 Å². The molecule has 1 aromatic rings. The summed E-state index contributed by atoms with van der Waals surface area (Å²) in [4.78, 5) is 40.4. The molecule has 2 atom stereocenters. The van der Waals surface area contributed by atoms with E-state index in [0.717, 1.165) is 25.1 Å². The van der Waals surface area contributed by atoms with Gasteiger partial charge in [0, 0.05) is 25.6 Å². The van der Waals surface area contributed by atoms with Gasteiger partial charge >= 0.3 is 6.03 Å². The van der Waals surface area contributed by atoms with Gasteiger partial charge < -0.3 is 10.6 Å². The van der Waals surface area contributed by atoms with Crippen LogP contribution in [-0.2, 0) is 16.0 Å². The number of hydrogen-bond donors (Lipinski definition) is 2. The number of imide groups is 1. The molecule has 152 valence electrons. The average Bonchev–Trinajstić information content (AvgIpc) is 3.27. The van der Waals surface area contributed by atoms with Crippen LogP contribution < -0.4 is 10.6 Å². The predicted octanol–water partition coefficient (Wildman–Crippen LogP) is 1.53. The smallest absolute Gasteiger partial charge is 0.324 e. The standard InChI is InChI=1S/C21H30N4O3/c1-2-24-13-6-9-17(24)15-22-19(26)11-10-18-20(27)25(21(28)23-18)14-12-16-7-4-3-5-8-16/h3-5,7-8,17-18H,2,6,9-15H2,1H3,(H,22,26)(H,23,28)/t17-,18-/m0/s1. The van der Waals surface area contributed by atoms with Crippen molar-refractivity contribution in [3.05, 3.63) is 35.9 Å². The van der Waals surface area contributed by atoms with E-state index >= 15 is 0 Å². The van der Waals surface area contributed by atoms with E-state index in [1.165, 1.54) is 11.3 Å². The molecular formula is C21H30N4O3. The molecular weight excluding hydrogens is 356 g/mol. The van der Waals surface area contributed by atoms with E-state index in [-0.39, 0.29) is 24.3 Å². The molecule has 0 radical (unpaired) electrons. The third kappa shape index (κ3) is 5.10. The summed E-state index contributed by atoms with van der Waals surface area (Å²) in [5.41, 5.74) is 1.08. The topological polar surface area (TPSA) is 81.8 Å². The summed E-state index contributed by atoms with van der Waals surface area (Å²) >= 11 is 0. The Kier molecular flexibility index (Phi) is 7.03. The molecule has 2 aliphatic rings. The maximum Gasteiger partial charge on any atom is 0.324 e. The summed E-state index contributed by atoms with van der Waals surface area (Å²) in [6, 6.07) is 9.21. The van der Waals surface area contributed by atoms with E-state index in [9.17, 15) is 14.4 Å². The number of urea groups is 1. The Morgan fingerprint density at radius 3 is 2.79 bits per heavy atom. The minimum Gasteiger partial charge on any atom is -0.355 e. The van der Waals surface area contributed by atoms with Gasteiger partial charge in [0.15, 0.2) is 0 Å². The lowest BCUT2D eigenvalue weighted by atomic mass is 10.1. The molecule has 2 fully saturated rings. The van der Waals surface area contributed by atoms with Crippen molar-refractivity contribution in [1.29, 1.82) is 0 Å². The molecule has 7 heteroatoms. The summed E-state index contributed by atoms with van der Waals surface area (Å²) in [6.45, 7) is 5.24. The minimum atomic E-state index is -0.604. The van der Waals surface area contributed by atoms with Gasteiger partial charge in [-0.1, -0.05) is 37.3 Å². The molecule has 7 nitrogen and oxygen atoms in total. The minimum absolute atomic E-state index is 0.0623. The Bertz CT molecular complexity index is 694. The van der Waals surface area contributed by atoms with Crippen LogP contribution in [0.3, 0.4) is 0 Å². The fourth-order valence-electron chi connectivity index (χ4n) is 4.01.